The molecule has 2 unspecified atom stereocenters. The van der Waals surface area contributed by atoms with Gasteiger partial charge < -0.3 is 39.9 Å². The van der Waals surface area contributed by atoms with Gasteiger partial charge in [0.25, 0.3) is 11.8 Å². The van der Waals surface area contributed by atoms with Crippen LogP contribution in [-0.2, 0) is 19.1 Å². The molecular formula is C48H64N10O6. The first-order valence-electron chi connectivity index (χ1n) is 21.9. The van der Waals surface area contributed by atoms with E-state index in [2.05, 4.69) is 20.6 Å². The molecular weight excluding hydrogens is 813 g/mol. The van der Waals surface area contributed by atoms with Crippen LogP contribution in [0.4, 0.5) is 9.59 Å². The zero-order chi connectivity index (χ0) is 46.9. The van der Waals surface area contributed by atoms with E-state index in [1.807, 2.05) is 91.8 Å². The molecule has 4 atom stereocenters. The average molecular weight is 877 g/mol. The van der Waals surface area contributed by atoms with E-state index in [0.717, 1.165) is 58.9 Å². The summed E-state index contributed by atoms with van der Waals surface area (Å²) >= 11 is 0. The maximum Gasteiger partial charge on any atom is 0.410 e. The number of hydrogen-bond acceptors (Lipinski definition) is 10. The topological polar surface area (TPSA) is 200 Å². The first-order valence-corrected chi connectivity index (χ1v) is 21.9. The molecule has 0 spiro atoms. The monoisotopic (exact) mass is 877 g/mol. The van der Waals surface area contributed by atoms with Crippen molar-refractivity contribution in [3.63, 3.8) is 0 Å². The number of hydrogen-bond donors (Lipinski definition) is 4. The number of ether oxygens (including phenoxy) is 2. The van der Waals surface area contributed by atoms with E-state index in [9.17, 15) is 19.2 Å². The first kappa shape index (κ1) is 45.9. The number of carbonyl (C=O) groups excluding carboxylic acids is 4. The first-order chi connectivity index (χ1) is 29.7. The second-order valence-corrected chi connectivity index (χ2v) is 21.3. The lowest BCUT2D eigenvalue weighted by atomic mass is 9.83. The Labute approximate surface area is 375 Å². The van der Waals surface area contributed by atoms with Crippen molar-refractivity contribution < 1.29 is 28.7 Å². The van der Waals surface area contributed by atoms with Crippen LogP contribution < -0.4 is 10.6 Å². The van der Waals surface area contributed by atoms with Crippen LogP contribution in [0.2, 0.25) is 0 Å². The Morgan fingerprint density at radius 1 is 0.609 bits per heavy atom. The molecule has 64 heavy (non-hydrogen) atoms. The third-order valence-electron chi connectivity index (χ3n) is 13.6. The van der Waals surface area contributed by atoms with Crippen LogP contribution in [0.5, 0.6) is 0 Å². The number of imidazole rings is 2. The zero-order valence-electron chi connectivity index (χ0n) is 39.7. The minimum Gasteiger partial charge on any atom is -0.432 e. The number of fused-ring (bicyclic) bond motifs is 2. The smallest absolute Gasteiger partial charge is 0.410 e. The van der Waals surface area contributed by atoms with Crippen molar-refractivity contribution in [3.8, 4) is 22.5 Å². The Kier molecular flexibility index (Phi) is 11.4. The number of benzene rings is 2. The summed E-state index contributed by atoms with van der Waals surface area (Å²) in [6, 6.07) is 10.6. The second-order valence-electron chi connectivity index (χ2n) is 21.3. The third-order valence-corrected chi connectivity index (χ3v) is 13.6. The zero-order valence-corrected chi connectivity index (χ0v) is 39.7. The van der Waals surface area contributed by atoms with E-state index < -0.39 is 57.1 Å². The molecule has 2 aliphatic rings. The van der Waals surface area contributed by atoms with Crippen LogP contribution in [0.3, 0.4) is 0 Å². The van der Waals surface area contributed by atoms with Gasteiger partial charge in [0.05, 0.1) is 57.9 Å². The highest BCUT2D eigenvalue weighted by atomic mass is 16.6. The molecule has 5 aromatic rings. The highest BCUT2D eigenvalue weighted by Crippen LogP contribution is 2.57. The van der Waals surface area contributed by atoms with Gasteiger partial charge in [0.2, 0.25) is 0 Å². The van der Waals surface area contributed by atoms with Crippen molar-refractivity contribution in [3.05, 3.63) is 60.4 Å². The van der Waals surface area contributed by atoms with E-state index in [1.54, 1.807) is 54.4 Å². The molecule has 3 aromatic heterocycles. The van der Waals surface area contributed by atoms with Crippen LogP contribution in [0, 0.1) is 21.7 Å². The summed E-state index contributed by atoms with van der Waals surface area (Å²) < 4.78 is 11.8. The molecule has 0 bridgehead atoms. The third kappa shape index (κ3) is 8.62. The van der Waals surface area contributed by atoms with E-state index >= 15 is 0 Å². The molecule has 7 rings (SSSR count). The minimum absolute atomic E-state index is 0.364. The maximum absolute atomic E-state index is 14.1. The summed E-state index contributed by atoms with van der Waals surface area (Å²) in [5.41, 5.74) is 1.39. The van der Waals surface area contributed by atoms with Gasteiger partial charge in [-0.15, -0.1) is 0 Å². The van der Waals surface area contributed by atoms with Crippen molar-refractivity contribution in [1.82, 2.24) is 50.3 Å². The van der Waals surface area contributed by atoms with E-state index in [1.165, 1.54) is 9.80 Å². The predicted molar refractivity (Wildman–Crippen MR) is 245 cm³/mol. The lowest BCUT2D eigenvalue weighted by Gasteiger charge is -2.38. The summed E-state index contributed by atoms with van der Waals surface area (Å²) in [6.45, 7) is 19.5. The van der Waals surface area contributed by atoms with Crippen molar-refractivity contribution >= 4 is 46.1 Å². The minimum atomic E-state index is -1.37. The van der Waals surface area contributed by atoms with E-state index in [0.29, 0.717) is 23.0 Å². The quantitative estimate of drug-likeness (QED) is 0.0942. The Hall–Kier alpha value is -6.06. The predicted octanol–water partition coefficient (Wildman–Crippen LogP) is 8.48. The molecule has 4 N–H and O–H groups in total. The van der Waals surface area contributed by atoms with E-state index in [4.69, 9.17) is 29.4 Å². The molecule has 2 saturated carbocycles. The van der Waals surface area contributed by atoms with Crippen molar-refractivity contribution in [2.24, 2.45) is 21.7 Å². The standard InChI is InChI=1S/C48H64N10O6/c1-43(2,3)35(55-39(59)47(9,45(7)19-20-45)63-41(61)57(11)12)37-51-29-17-15-27(23-31(29)53-37)33-25-50-34(26-49-33)28-16-18-30-32(24-28)54-38(52-30)36(44(4,5)6)56-40(60)48(10,46(8)21-22-46)64-42(62)58(13)14/h15-18,23-26,35-36H,19-22H2,1-14H3,(H,51,53)(H,52,54)(H,55,59)(H,56,60)/t35-,36-,47?,48?/m1/s1. The van der Waals surface area contributed by atoms with Gasteiger partial charge in [-0.3, -0.25) is 19.6 Å². The van der Waals surface area contributed by atoms with Crippen molar-refractivity contribution in [2.75, 3.05) is 28.2 Å². The summed E-state index contributed by atoms with van der Waals surface area (Å²) in [5.74, 6) is 0.441. The second kappa shape index (κ2) is 15.9. The fraction of sp³-hybridized carbons (Fsp3) is 0.542. The van der Waals surface area contributed by atoms with Crippen LogP contribution in [0.25, 0.3) is 44.6 Å². The van der Waals surface area contributed by atoms with Gasteiger partial charge >= 0.3 is 12.2 Å². The number of aromatic nitrogens is 6. The average Bonchev–Trinajstić information content (AvgIpc) is 4.07. The number of nitrogens with zero attached hydrogens (tertiary/aromatic N) is 6. The number of amides is 4. The van der Waals surface area contributed by atoms with Crippen molar-refractivity contribution in [2.45, 2.75) is 118 Å². The Balaban J connectivity index is 1.10. The Morgan fingerprint density at radius 3 is 1.23 bits per heavy atom. The van der Waals surface area contributed by atoms with Gasteiger partial charge in [-0.05, 0) is 74.6 Å². The van der Waals surface area contributed by atoms with Gasteiger partial charge in [0, 0.05) is 50.1 Å². The van der Waals surface area contributed by atoms with Crippen LogP contribution in [0.15, 0.2) is 48.8 Å². The highest BCUT2D eigenvalue weighted by molar-refractivity contribution is 5.90. The Morgan fingerprint density at radius 2 is 0.953 bits per heavy atom. The molecule has 0 saturated heterocycles. The molecule has 3 heterocycles. The summed E-state index contributed by atoms with van der Waals surface area (Å²) in [4.78, 5) is 82.6. The summed E-state index contributed by atoms with van der Waals surface area (Å²) in [5, 5.41) is 6.39. The largest absolute Gasteiger partial charge is 0.432 e. The lowest BCUT2D eigenvalue weighted by molar-refractivity contribution is -0.148. The summed E-state index contributed by atoms with van der Waals surface area (Å²) in [7, 11) is 6.40. The van der Waals surface area contributed by atoms with Gasteiger partial charge in [-0.1, -0.05) is 67.5 Å². The fourth-order valence-electron chi connectivity index (χ4n) is 7.95. The molecule has 16 nitrogen and oxygen atoms in total. The molecule has 4 amide bonds. The van der Waals surface area contributed by atoms with Crippen molar-refractivity contribution in [1.29, 1.82) is 0 Å². The molecule has 16 heteroatoms. The lowest BCUT2D eigenvalue weighted by Crippen LogP contribution is -2.56. The summed E-state index contributed by atoms with van der Waals surface area (Å²) in [6.07, 6.45) is 5.42. The highest BCUT2D eigenvalue weighted by Gasteiger charge is 2.62. The maximum atomic E-state index is 14.1. The van der Waals surface area contributed by atoms with Crippen LogP contribution in [0.1, 0.15) is 119 Å². The van der Waals surface area contributed by atoms with Crippen LogP contribution in [-0.4, -0.2) is 103 Å². The van der Waals surface area contributed by atoms with Gasteiger partial charge in [0.15, 0.2) is 11.2 Å². The molecule has 2 fully saturated rings. The van der Waals surface area contributed by atoms with Gasteiger partial charge in [-0.2, -0.15) is 0 Å². The van der Waals surface area contributed by atoms with E-state index in [-0.39, 0.29) is 11.8 Å². The molecule has 2 aliphatic carbocycles. The van der Waals surface area contributed by atoms with Gasteiger partial charge in [0.1, 0.15) is 11.6 Å². The number of rotatable bonds is 12. The SMILES string of the molecule is CN(C)C(=O)OC(C)(C(=O)N[C@H](c1nc2ccc(-c3cnc(-c4ccc5nc([C@@H](NC(=O)C(C)(OC(=O)N(C)C)C6(C)CC6)C(C)(C)C)[nH]c5c4)cn3)cc2[nH]1)C(C)(C)C)C1(C)CC1. The fourth-order valence-corrected chi connectivity index (χ4v) is 7.95. The number of H-pyrrole nitrogens is 2. The molecule has 0 radical (unpaired) electrons. The normalized spacial score (nSPS) is 18.2. The Bertz CT molecular complexity index is 2430. The number of nitrogens with one attached hydrogen (secondary N) is 4. The number of aromatic amines is 2. The molecule has 2 aromatic carbocycles. The molecule has 342 valence electrons. The van der Waals surface area contributed by atoms with Crippen LogP contribution >= 0.6 is 0 Å². The number of carbonyl (C=O) groups is 4. The molecule has 0 aliphatic heterocycles. The van der Waals surface area contributed by atoms with Gasteiger partial charge in [-0.25, -0.2) is 19.6 Å².